The highest BCUT2D eigenvalue weighted by Gasteiger charge is 2.13. The number of pyridine rings is 1. The molecule has 0 radical (unpaired) electrons. The summed E-state index contributed by atoms with van der Waals surface area (Å²) in [7, 11) is 0. The van der Waals surface area contributed by atoms with Gasteiger partial charge in [-0.25, -0.2) is 4.98 Å². The topological polar surface area (TPSA) is 56.0 Å². The molecular formula is C11H16N2O. The van der Waals surface area contributed by atoms with Gasteiger partial charge in [0.25, 0.3) is 5.91 Å². The van der Waals surface area contributed by atoms with Crippen LogP contribution in [0.2, 0.25) is 0 Å². The molecular weight excluding hydrogens is 176 g/mol. The predicted octanol–water partition coefficient (Wildman–Crippen LogP) is 1.77. The number of rotatable bonds is 2. The fourth-order valence-corrected chi connectivity index (χ4v) is 1.26. The number of hydrogen-bond donors (Lipinski definition) is 1. The highest BCUT2D eigenvalue weighted by atomic mass is 16.1. The second-order valence-electron chi connectivity index (χ2n) is 4.62. The molecule has 1 amide bonds. The van der Waals surface area contributed by atoms with E-state index in [2.05, 4.69) is 25.8 Å². The van der Waals surface area contributed by atoms with Crippen LogP contribution in [0.4, 0.5) is 0 Å². The van der Waals surface area contributed by atoms with Gasteiger partial charge in [-0.05, 0) is 24.0 Å². The van der Waals surface area contributed by atoms with Crippen molar-refractivity contribution in [2.75, 3.05) is 0 Å². The number of amides is 1. The van der Waals surface area contributed by atoms with Crippen molar-refractivity contribution in [3.63, 3.8) is 0 Å². The monoisotopic (exact) mass is 192 g/mol. The van der Waals surface area contributed by atoms with E-state index < -0.39 is 5.91 Å². The van der Waals surface area contributed by atoms with E-state index in [-0.39, 0.29) is 5.41 Å². The van der Waals surface area contributed by atoms with Crippen molar-refractivity contribution in [3.05, 3.63) is 29.6 Å². The normalized spacial score (nSPS) is 11.4. The van der Waals surface area contributed by atoms with E-state index in [4.69, 9.17) is 5.73 Å². The van der Waals surface area contributed by atoms with Crippen LogP contribution in [0.3, 0.4) is 0 Å². The first kappa shape index (κ1) is 10.7. The summed E-state index contributed by atoms with van der Waals surface area (Å²) in [6.07, 6.45) is 0.841. The van der Waals surface area contributed by atoms with Crippen molar-refractivity contribution in [1.29, 1.82) is 0 Å². The Kier molecular flexibility index (Phi) is 2.89. The first-order chi connectivity index (χ1) is 6.38. The van der Waals surface area contributed by atoms with Gasteiger partial charge in [0.05, 0.1) is 0 Å². The third kappa shape index (κ3) is 3.17. The maximum absolute atomic E-state index is 10.9. The van der Waals surface area contributed by atoms with Crippen molar-refractivity contribution in [2.45, 2.75) is 27.2 Å². The van der Waals surface area contributed by atoms with Crippen LogP contribution < -0.4 is 5.73 Å². The molecule has 1 heterocycles. The Morgan fingerprint density at radius 3 is 2.57 bits per heavy atom. The van der Waals surface area contributed by atoms with Crippen LogP contribution in [0.15, 0.2) is 18.2 Å². The molecule has 2 N–H and O–H groups in total. The summed E-state index contributed by atoms with van der Waals surface area (Å²) in [4.78, 5) is 15.1. The first-order valence-corrected chi connectivity index (χ1v) is 4.64. The van der Waals surface area contributed by atoms with Crippen LogP contribution in [-0.2, 0) is 6.42 Å². The van der Waals surface area contributed by atoms with Crippen LogP contribution in [0, 0.1) is 5.41 Å². The summed E-state index contributed by atoms with van der Waals surface area (Å²) in [5.74, 6) is -0.472. The first-order valence-electron chi connectivity index (χ1n) is 4.64. The summed E-state index contributed by atoms with van der Waals surface area (Å²) in [6, 6.07) is 5.36. The Hall–Kier alpha value is -1.38. The quantitative estimate of drug-likeness (QED) is 0.776. The van der Waals surface area contributed by atoms with Gasteiger partial charge in [-0.2, -0.15) is 0 Å². The number of primary amides is 1. The second-order valence-corrected chi connectivity index (χ2v) is 4.62. The van der Waals surface area contributed by atoms with E-state index in [0.29, 0.717) is 5.69 Å². The van der Waals surface area contributed by atoms with Gasteiger partial charge in [0.2, 0.25) is 0 Å². The van der Waals surface area contributed by atoms with E-state index in [0.717, 1.165) is 12.1 Å². The van der Waals surface area contributed by atoms with Crippen LogP contribution in [0.5, 0.6) is 0 Å². The molecule has 0 saturated heterocycles. The van der Waals surface area contributed by atoms with Crippen molar-refractivity contribution >= 4 is 5.91 Å². The summed E-state index contributed by atoms with van der Waals surface area (Å²) >= 11 is 0. The smallest absolute Gasteiger partial charge is 0.267 e. The fourth-order valence-electron chi connectivity index (χ4n) is 1.26. The van der Waals surface area contributed by atoms with E-state index >= 15 is 0 Å². The number of nitrogens with zero attached hydrogens (tertiary/aromatic N) is 1. The van der Waals surface area contributed by atoms with Gasteiger partial charge < -0.3 is 5.73 Å². The molecule has 1 aromatic rings. The molecule has 76 valence electrons. The standard InChI is InChI=1S/C11H16N2O/c1-11(2,3)7-8-5-4-6-9(13-8)10(12)14/h4-6H,7H2,1-3H3,(H2,12,14). The van der Waals surface area contributed by atoms with Gasteiger partial charge in [0.1, 0.15) is 5.69 Å². The minimum atomic E-state index is -0.472. The van der Waals surface area contributed by atoms with Crippen LogP contribution in [0.25, 0.3) is 0 Å². The number of carbonyl (C=O) groups is 1. The summed E-state index contributed by atoms with van der Waals surface area (Å²) in [5, 5.41) is 0. The number of hydrogen-bond acceptors (Lipinski definition) is 2. The molecule has 0 aliphatic heterocycles. The Morgan fingerprint density at radius 1 is 1.43 bits per heavy atom. The summed E-state index contributed by atoms with van der Waals surface area (Å²) in [5.41, 5.74) is 6.57. The van der Waals surface area contributed by atoms with E-state index in [1.165, 1.54) is 0 Å². The predicted molar refractivity (Wildman–Crippen MR) is 55.9 cm³/mol. The van der Waals surface area contributed by atoms with Crippen LogP contribution in [-0.4, -0.2) is 10.9 Å². The average molecular weight is 192 g/mol. The zero-order valence-corrected chi connectivity index (χ0v) is 8.87. The molecule has 1 aromatic heterocycles. The second kappa shape index (κ2) is 3.78. The number of carbonyl (C=O) groups excluding carboxylic acids is 1. The molecule has 0 aliphatic carbocycles. The van der Waals surface area contributed by atoms with Gasteiger partial charge in [-0.15, -0.1) is 0 Å². The van der Waals surface area contributed by atoms with Gasteiger partial charge in [0, 0.05) is 5.69 Å². The van der Waals surface area contributed by atoms with E-state index in [1.54, 1.807) is 6.07 Å². The minimum Gasteiger partial charge on any atom is -0.364 e. The third-order valence-electron chi connectivity index (χ3n) is 1.77. The fraction of sp³-hybridized carbons (Fsp3) is 0.455. The SMILES string of the molecule is CC(C)(C)Cc1cccc(C(N)=O)n1. The maximum atomic E-state index is 10.9. The van der Waals surface area contributed by atoms with Crippen LogP contribution in [0.1, 0.15) is 37.0 Å². The lowest BCUT2D eigenvalue weighted by molar-refractivity contribution is 0.0995. The number of nitrogens with two attached hydrogens (primary N) is 1. The lowest BCUT2D eigenvalue weighted by Crippen LogP contribution is -2.16. The maximum Gasteiger partial charge on any atom is 0.267 e. The zero-order chi connectivity index (χ0) is 10.8. The molecule has 0 unspecified atom stereocenters. The van der Waals surface area contributed by atoms with E-state index in [9.17, 15) is 4.79 Å². The molecule has 3 heteroatoms. The van der Waals surface area contributed by atoms with Crippen molar-refractivity contribution in [2.24, 2.45) is 11.1 Å². The van der Waals surface area contributed by atoms with Crippen molar-refractivity contribution in [3.8, 4) is 0 Å². The van der Waals surface area contributed by atoms with Crippen molar-refractivity contribution < 1.29 is 4.79 Å². The summed E-state index contributed by atoms with van der Waals surface area (Å²) < 4.78 is 0. The molecule has 1 rings (SSSR count). The molecule has 0 aliphatic rings. The Balaban J connectivity index is 2.89. The largest absolute Gasteiger partial charge is 0.364 e. The van der Waals surface area contributed by atoms with Crippen molar-refractivity contribution in [1.82, 2.24) is 4.98 Å². The molecule has 0 atom stereocenters. The molecule has 14 heavy (non-hydrogen) atoms. The zero-order valence-electron chi connectivity index (χ0n) is 8.87. The highest BCUT2D eigenvalue weighted by Crippen LogP contribution is 2.19. The van der Waals surface area contributed by atoms with Crippen LogP contribution >= 0.6 is 0 Å². The van der Waals surface area contributed by atoms with Gasteiger partial charge in [0.15, 0.2) is 0 Å². The van der Waals surface area contributed by atoms with Gasteiger partial charge in [-0.3, -0.25) is 4.79 Å². The molecule has 3 nitrogen and oxygen atoms in total. The molecule has 0 fully saturated rings. The average Bonchev–Trinajstić information content (AvgIpc) is 2.01. The Labute approximate surface area is 84.3 Å². The third-order valence-corrected chi connectivity index (χ3v) is 1.77. The number of aromatic nitrogens is 1. The lowest BCUT2D eigenvalue weighted by atomic mass is 9.90. The molecule has 0 saturated carbocycles. The van der Waals surface area contributed by atoms with Gasteiger partial charge >= 0.3 is 0 Å². The minimum absolute atomic E-state index is 0.170. The van der Waals surface area contributed by atoms with E-state index in [1.807, 2.05) is 12.1 Å². The summed E-state index contributed by atoms with van der Waals surface area (Å²) in [6.45, 7) is 6.39. The molecule has 0 bridgehead atoms. The lowest BCUT2D eigenvalue weighted by Gasteiger charge is -2.17. The van der Waals surface area contributed by atoms with Gasteiger partial charge in [-0.1, -0.05) is 26.8 Å². The Morgan fingerprint density at radius 2 is 2.07 bits per heavy atom. The molecule has 0 aromatic carbocycles. The molecule has 0 spiro atoms. The Bertz CT molecular complexity index is 339. The highest BCUT2D eigenvalue weighted by molar-refractivity contribution is 5.90.